The first-order chi connectivity index (χ1) is 7.00. The molecule has 0 fully saturated rings. The van der Waals surface area contributed by atoms with Crippen molar-refractivity contribution in [3.63, 3.8) is 0 Å². The highest BCUT2D eigenvalue weighted by Gasteiger charge is 2.13. The van der Waals surface area contributed by atoms with Crippen LogP contribution in [0.2, 0.25) is 0 Å². The van der Waals surface area contributed by atoms with Crippen molar-refractivity contribution in [1.29, 1.82) is 0 Å². The average molecular weight is 209 g/mol. The smallest absolute Gasteiger partial charge is 0.138 e. The highest BCUT2D eigenvalue weighted by Crippen LogP contribution is 2.08. The molecule has 1 atom stereocenters. The second kappa shape index (κ2) is 5.05. The predicted octanol–water partition coefficient (Wildman–Crippen LogP) is 1.70. The standard InChI is InChI=1S/C11H19N3O/c1-8(2)6-14-11(12-7-13-14)5-9(3)10(4)15/h7-9H,5-6H2,1-4H3. The molecule has 0 spiro atoms. The number of hydrogen-bond acceptors (Lipinski definition) is 3. The molecule has 0 radical (unpaired) electrons. The Bertz CT molecular complexity index is 330. The Kier molecular flexibility index (Phi) is 4.00. The molecule has 0 saturated carbocycles. The maximum Gasteiger partial charge on any atom is 0.138 e. The largest absolute Gasteiger partial charge is 0.300 e. The van der Waals surface area contributed by atoms with E-state index >= 15 is 0 Å². The summed E-state index contributed by atoms with van der Waals surface area (Å²) >= 11 is 0. The van der Waals surface area contributed by atoms with Crippen LogP contribution in [-0.4, -0.2) is 20.5 Å². The summed E-state index contributed by atoms with van der Waals surface area (Å²) in [4.78, 5) is 15.3. The SMILES string of the molecule is CC(=O)C(C)Cc1ncnn1CC(C)C. The van der Waals surface area contributed by atoms with E-state index in [-0.39, 0.29) is 11.7 Å². The fourth-order valence-electron chi connectivity index (χ4n) is 1.36. The molecular formula is C11H19N3O. The van der Waals surface area contributed by atoms with Crippen LogP contribution in [0.3, 0.4) is 0 Å². The molecular weight excluding hydrogens is 190 g/mol. The van der Waals surface area contributed by atoms with Gasteiger partial charge in [0.1, 0.15) is 17.9 Å². The average Bonchev–Trinajstić information content (AvgIpc) is 2.51. The van der Waals surface area contributed by atoms with Crippen molar-refractivity contribution in [2.45, 2.75) is 40.7 Å². The van der Waals surface area contributed by atoms with E-state index in [2.05, 4.69) is 23.9 Å². The van der Waals surface area contributed by atoms with Crippen LogP contribution in [0.15, 0.2) is 6.33 Å². The van der Waals surface area contributed by atoms with Gasteiger partial charge in [-0.15, -0.1) is 0 Å². The molecule has 0 amide bonds. The van der Waals surface area contributed by atoms with Gasteiger partial charge in [0.15, 0.2) is 0 Å². The van der Waals surface area contributed by atoms with Gasteiger partial charge in [0.2, 0.25) is 0 Å². The molecule has 0 saturated heterocycles. The van der Waals surface area contributed by atoms with Gasteiger partial charge in [0.25, 0.3) is 0 Å². The number of carbonyl (C=O) groups is 1. The van der Waals surface area contributed by atoms with Crippen molar-refractivity contribution in [3.8, 4) is 0 Å². The van der Waals surface area contributed by atoms with Crippen LogP contribution in [0.25, 0.3) is 0 Å². The summed E-state index contributed by atoms with van der Waals surface area (Å²) in [7, 11) is 0. The van der Waals surface area contributed by atoms with E-state index in [0.29, 0.717) is 12.3 Å². The Labute approximate surface area is 90.7 Å². The third-order valence-corrected chi connectivity index (χ3v) is 2.42. The zero-order valence-electron chi connectivity index (χ0n) is 9.90. The zero-order chi connectivity index (χ0) is 11.4. The van der Waals surface area contributed by atoms with Crippen LogP contribution in [0.4, 0.5) is 0 Å². The van der Waals surface area contributed by atoms with Crippen molar-refractivity contribution in [2.24, 2.45) is 11.8 Å². The number of aromatic nitrogens is 3. The molecule has 1 rings (SSSR count). The summed E-state index contributed by atoms with van der Waals surface area (Å²) < 4.78 is 1.89. The monoisotopic (exact) mass is 209 g/mol. The molecule has 4 heteroatoms. The maximum absolute atomic E-state index is 11.1. The molecule has 1 unspecified atom stereocenters. The van der Waals surface area contributed by atoms with Gasteiger partial charge in [-0.3, -0.25) is 4.79 Å². The van der Waals surface area contributed by atoms with Gasteiger partial charge in [-0.1, -0.05) is 20.8 Å². The number of nitrogens with zero attached hydrogens (tertiary/aromatic N) is 3. The molecule has 0 aliphatic heterocycles. The van der Waals surface area contributed by atoms with E-state index in [1.54, 1.807) is 13.3 Å². The van der Waals surface area contributed by atoms with Gasteiger partial charge < -0.3 is 0 Å². The Morgan fingerprint density at radius 1 is 1.47 bits per heavy atom. The Balaban J connectivity index is 2.68. The third kappa shape index (κ3) is 3.46. The summed E-state index contributed by atoms with van der Waals surface area (Å²) in [5.74, 6) is 1.68. The quantitative estimate of drug-likeness (QED) is 0.741. The van der Waals surface area contributed by atoms with Gasteiger partial charge in [0, 0.05) is 18.9 Å². The van der Waals surface area contributed by atoms with E-state index in [9.17, 15) is 4.79 Å². The summed E-state index contributed by atoms with van der Waals surface area (Å²) in [6, 6.07) is 0. The molecule has 0 bridgehead atoms. The van der Waals surface area contributed by atoms with E-state index in [4.69, 9.17) is 0 Å². The van der Waals surface area contributed by atoms with Gasteiger partial charge in [-0.25, -0.2) is 9.67 Å². The molecule has 0 aliphatic carbocycles. The molecule has 84 valence electrons. The maximum atomic E-state index is 11.1. The van der Waals surface area contributed by atoms with Crippen LogP contribution in [0.5, 0.6) is 0 Å². The molecule has 0 N–H and O–H groups in total. The summed E-state index contributed by atoms with van der Waals surface area (Å²) in [5.41, 5.74) is 0. The van der Waals surface area contributed by atoms with Gasteiger partial charge >= 0.3 is 0 Å². The zero-order valence-corrected chi connectivity index (χ0v) is 9.90. The van der Waals surface area contributed by atoms with Gasteiger partial charge in [0.05, 0.1) is 0 Å². The van der Waals surface area contributed by atoms with E-state index < -0.39 is 0 Å². The fourth-order valence-corrected chi connectivity index (χ4v) is 1.36. The van der Waals surface area contributed by atoms with Crippen molar-refractivity contribution >= 4 is 5.78 Å². The lowest BCUT2D eigenvalue weighted by Gasteiger charge is -2.10. The Morgan fingerprint density at radius 2 is 2.13 bits per heavy atom. The van der Waals surface area contributed by atoms with E-state index in [1.807, 2.05) is 11.6 Å². The number of ketones is 1. The van der Waals surface area contributed by atoms with Crippen LogP contribution in [0.1, 0.15) is 33.5 Å². The minimum atomic E-state index is 0.0279. The molecule has 15 heavy (non-hydrogen) atoms. The van der Waals surface area contributed by atoms with Gasteiger partial charge in [-0.2, -0.15) is 5.10 Å². The first-order valence-electron chi connectivity index (χ1n) is 5.37. The topological polar surface area (TPSA) is 47.8 Å². The normalized spacial score (nSPS) is 13.1. The van der Waals surface area contributed by atoms with Crippen LogP contribution in [0, 0.1) is 11.8 Å². The highest BCUT2D eigenvalue weighted by atomic mass is 16.1. The summed E-state index contributed by atoms with van der Waals surface area (Å²) in [5, 5.41) is 4.16. The number of rotatable bonds is 5. The highest BCUT2D eigenvalue weighted by molar-refractivity contribution is 5.78. The predicted molar refractivity (Wildman–Crippen MR) is 58.4 cm³/mol. The summed E-state index contributed by atoms with van der Waals surface area (Å²) in [6.45, 7) is 8.68. The van der Waals surface area contributed by atoms with Crippen LogP contribution in [-0.2, 0) is 17.8 Å². The van der Waals surface area contributed by atoms with Crippen molar-refractivity contribution in [3.05, 3.63) is 12.2 Å². The van der Waals surface area contributed by atoms with Crippen molar-refractivity contribution < 1.29 is 4.79 Å². The lowest BCUT2D eigenvalue weighted by atomic mass is 10.0. The minimum absolute atomic E-state index is 0.0279. The second-order valence-electron chi connectivity index (χ2n) is 4.47. The lowest BCUT2D eigenvalue weighted by Crippen LogP contribution is -2.16. The van der Waals surface area contributed by atoms with Gasteiger partial charge in [-0.05, 0) is 12.8 Å². The first-order valence-corrected chi connectivity index (χ1v) is 5.37. The van der Waals surface area contributed by atoms with Crippen LogP contribution >= 0.6 is 0 Å². The van der Waals surface area contributed by atoms with Crippen molar-refractivity contribution in [1.82, 2.24) is 14.8 Å². The Hall–Kier alpha value is -1.19. The Morgan fingerprint density at radius 3 is 2.67 bits per heavy atom. The van der Waals surface area contributed by atoms with Crippen molar-refractivity contribution in [2.75, 3.05) is 0 Å². The molecule has 1 aromatic rings. The molecule has 1 aromatic heterocycles. The molecule has 1 heterocycles. The van der Waals surface area contributed by atoms with E-state index in [1.165, 1.54) is 0 Å². The minimum Gasteiger partial charge on any atom is -0.300 e. The summed E-state index contributed by atoms with van der Waals surface area (Å²) in [6.07, 6.45) is 2.24. The fraction of sp³-hybridized carbons (Fsp3) is 0.727. The van der Waals surface area contributed by atoms with Crippen LogP contribution < -0.4 is 0 Å². The number of carbonyl (C=O) groups excluding carboxylic acids is 1. The first kappa shape index (κ1) is 11.9. The second-order valence-corrected chi connectivity index (χ2v) is 4.47. The number of Topliss-reactive ketones (excluding diaryl/α,β-unsaturated/α-hetero) is 1. The molecule has 0 aliphatic rings. The lowest BCUT2D eigenvalue weighted by molar-refractivity contribution is -0.120. The van der Waals surface area contributed by atoms with E-state index in [0.717, 1.165) is 12.4 Å². The molecule has 0 aromatic carbocycles. The molecule has 4 nitrogen and oxygen atoms in total. The third-order valence-electron chi connectivity index (χ3n) is 2.42. The number of hydrogen-bond donors (Lipinski definition) is 0.